The van der Waals surface area contributed by atoms with Crippen LogP contribution < -0.4 is 5.56 Å². The topological polar surface area (TPSA) is 106 Å². The van der Waals surface area contributed by atoms with E-state index in [9.17, 15) is 19.5 Å². The van der Waals surface area contributed by atoms with Crippen molar-refractivity contribution in [1.29, 1.82) is 0 Å². The minimum Gasteiger partial charge on any atom is -0.465 e. The summed E-state index contributed by atoms with van der Waals surface area (Å²) in [7, 11) is 1.71. The van der Waals surface area contributed by atoms with E-state index in [0.29, 0.717) is 30.6 Å². The van der Waals surface area contributed by atoms with Crippen LogP contribution in [0.4, 0.5) is 4.79 Å². The molecule has 1 amide bonds. The Morgan fingerprint density at radius 3 is 2.54 bits per heavy atom. The number of oxazole rings is 1. The summed E-state index contributed by atoms with van der Waals surface area (Å²) < 4.78 is 7.64. The van der Waals surface area contributed by atoms with Crippen molar-refractivity contribution >= 4 is 22.8 Å². The monoisotopic (exact) mass is 481 g/mol. The Bertz CT molecular complexity index is 1250. The van der Waals surface area contributed by atoms with Crippen LogP contribution in [-0.2, 0) is 11.8 Å². The van der Waals surface area contributed by atoms with Crippen LogP contribution in [0.2, 0.25) is 0 Å². The van der Waals surface area contributed by atoms with Crippen LogP contribution in [0.1, 0.15) is 78.2 Å². The predicted molar refractivity (Wildman–Crippen MR) is 135 cm³/mol. The van der Waals surface area contributed by atoms with Gasteiger partial charge in [-0.15, -0.1) is 0 Å². The van der Waals surface area contributed by atoms with E-state index in [0.717, 1.165) is 30.2 Å². The number of ketones is 1. The molecule has 0 unspecified atom stereocenters. The molecule has 0 bridgehead atoms. The molecule has 2 heterocycles. The minimum atomic E-state index is -1.06. The first kappa shape index (κ1) is 26.2. The molecule has 1 aromatic carbocycles. The summed E-state index contributed by atoms with van der Waals surface area (Å²) in [5.41, 5.74) is 0.279. The molecule has 1 N–H and O–H groups in total. The number of nitrogens with zero attached hydrogens (tertiary/aromatic N) is 3. The lowest BCUT2D eigenvalue weighted by Gasteiger charge is -2.38. The van der Waals surface area contributed by atoms with E-state index in [1.807, 2.05) is 52.0 Å². The number of carbonyl (C=O) groups excluding carboxylic acids is 1. The van der Waals surface area contributed by atoms with Gasteiger partial charge < -0.3 is 14.1 Å². The number of unbranched alkanes of at least 4 members (excludes halogenated alkanes) is 2. The number of hydrogen-bond acceptors (Lipinski definition) is 5. The van der Waals surface area contributed by atoms with Crippen molar-refractivity contribution in [3.05, 3.63) is 52.8 Å². The van der Waals surface area contributed by atoms with Crippen LogP contribution in [-0.4, -0.2) is 37.0 Å². The van der Waals surface area contributed by atoms with Gasteiger partial charge in [0.25, 0.3) is 5.56 Å². The largest absolute Gasteiger partial charge is 0.465 e. The Balaban J connectivity index is 1.93. The number of aryl methyl sites for hydroxylation is 1. The van der Waals surface area contributed by atoms with Crippen molar-refractivity contribution in [2.24, 2.45) is 7.05 Å². The number of hydrogen-bond donors (Lipinski definition) is 1. The molecule has 0 aliphatic carbocycles. The van der Waals surface area contributed by atoms with E-state index in [4.69, 9.17) is 4.42 Å². The van der Waals surface area contributed by atoms with Crippen molar-refractivity contribution in [1.82, 2.24) is 14.5 Å². The molecule has 35 heavy (non-hydrogen) atoms. The lowest BCUT2D eigenvalue weighted by molar-refractivity contribution is -0.118. The lowest BCUT2D eigenvalue weighted by Crippen LogP contribution is -2.47. The highest BCUT2D eigenvalue weighted by atomic mass is 16.4. The highest BCUT2D eigenvalue weighted by Crippen LogP contribution is 2.34. The van der Waals surface area contributed by atoms with Gasteiger partial charge in [-0.3, -0.25) is 14.5 Å². The number of carbonyl (C=O) groups is 2. The number of rotatable bonds is 10. The summed E-state index contributed by atoms with van der Waals surface area (Å²) in [5, 5.41) is 10.9. The molecule has 2 aromatic heterocycles. The number of fused-ring (bicyclic) bond motifs is 1. The first-order valence-corrected chi connectivity index (χ1v) is 12.1. The molecular weight excluding hydrogens is 446 g/mol. The van der Waals surface area contributed by atoms with Gasteiger partial charge in [-0.2, -0.15) is 0 Å². The standard InChI is InChI=1S/C27H35N3O5/c1-6-19(31)13-8-7-9-15-22(30(26(33)34)27(2,3)4)24-28-17-23(35-24)20-16-18-12-10-11-14-21(18)29(5)25(20)32/h10-12,14,16-17,22H,6-9,13,15H2,1-5H3,(H,33,34)/t22-/m0/s1. The maximum atomic E-state index is 13.0. The van der Waals surface area contributed by atoms with Gasteiger partial charge in [0.1, 0.15) is 11.8 Å². The Kier molecular flexibility index (Phi) is 8.14. The minimum absolute atomic E-state index is 0.213. The first-order valence-electron chi connectivity index (χ1n) is 12.1. The highest BCUT2D eigenvalue weighted by molar-refractivity contribution is 5.83. The quantitative estimate of drug-likeness (QED) is 0.359. The predicted octanol–water partition coefficient (Wildman–Crippen LogP) is 5.94. The van der Waals surface area contributed by atoms with Crippen LogP contribution in [0.5, 0.6) is 0 Å². The van der Waals surface area contributed by atoms with Crippen LogP contribution in [0.25, 0.3) is 22.2 Å². The van der Waals surface area contributed by atoms with Gasteiger partial charge in [0.05, 0.1) is 17.3 Å². The van der Waals surface area contributed by atoms with E-state index < -0.39 is 17.7 Å². The number of pyridine rings is 1. The maximum Gasteiger partial charge on any atom is 0.408 e. The molecule has 0 aliphatic rings. The zero-order chi connectivity index (χ0) is 25.8. The average Bonchev–Trinajstić information content (AvgIpc) is 3.28. The molecule has 0 saturated carbocycles. The van der Waals surface area contributed by atoms with E-state index in [1.54, 1.807) is 17.7 Å². The Morgan fingerprint density at radius 1 is 1.17 bits per heavy atom. The van der Waals surface area contributed by atoms with Gasteiger partial charge in [0.2, 0.25) is 5.89 Å². The molecule has 3 aromatic rings. The summed E-state index contributed by atoms with van der Waals surface area (Å²) in [6, 6.07) is 8.75. The number of aromatic nitrogens is 2. The highest BCUT2D eigenvalue weighted by Gasteiger charge is 2.36. The van der Waals surface area contributed by atoms with E-state index in [2.05, 4.69) is 4.98 Å². The third-order valence-corrected chi connectivity index (χ3v) is 6.28. The zero-order valence-electron chi connectivity index (χ0n) is 21.2. The summed E-state index contributed by atoms with van der Waals surface area (Å²) in [5.74, 6) is 0.805. The fraction of sp³-hybridized carbons (Fsp3) is 0.481. The molecule has 0 fully saturated rings. The van der Waals surface area contributed by atoms with Crippen molar-refractivity contribution < 1.29 is 19.1 Å². The van der Waals surface area contributed by atoms with Gasteiger partial charge in [-0.05, 0) is 51.1 Å². The van der Waals surface area contributed by atoms with Crippen LogP contribution in [0.3, 0.4) is 0 Å². The molecule has 1 atom stereocenters. The van der Waals surface area contributed by atoms with Gasteiger partial charge in [0.15, 0.2) is 5.76 Å². The van der Waals surface area contributed by atoms with Gasteiger partial charge >= 0.3 is 6.09 Å². The molecule has 8 nitrogen and oxygen atoms in total. The second-order valence-electron chi connectivity index (χ2n) is 9.87. The Labute approximate surface area is 205 Å². The van der Waals surface area contributed by atoms with Crippen molar-refractivity contribution in [3.8, 4) is 11.3 Å². The molecule has 188 valence electrons. The number of carboxylic acid groups (broad SMARTS) is 1. The molecular formula is C27H35N3O5. The van der Waals surface area contributed by atoms with E-state index in [1.165, 1.54) is 11.1 Å². The van der Waals surface area contributed by atoms with Gasteiger partial charge in [0, 0.05) is 25.4 Å². The number of Topliss-reactive ketones (excluding diaryl/α,β-unsaturated/α-hetero) is 1. The van der Waals surface area contributed by atoms with E-state index >= 15 is 0 Å². The van der Waals surface area contributed by atoms with Gasteiger partial charge in [-0.1, -0.05) is 38.0 Å². The second-order valence-corrected chi connectivity index (χ2v) is 9.87. The smallest absolute Gasteiger partial charge is 0.408 e. The molecule has 8 heteroatoms. The summed E-state index contributed by atoms with van der Waals surface area (Å²) in [6.07, 6.45) is 4.30. The van der Waals surface area contributed by atoms with Crippen molar-refractivity contribution in [2.45, 2.75) is 77.8 Å². The summed E-state index contributed by atoms with van der Waals surface area (Å²) >= 11 is 0. The molecule has 0 spiro atoms. The first-order chi connectivity index (χ1) is 16.5. The van der Waals surface area contributed by atoms with Crippen molar-refractivity contribution in [3.63, 3.8) is 0 Å². The third kappa shape index (κ3) is 5.99. The summed E-state index contributed by atoms with van der Waals surface area (Å²) in [6.45, 7) is 7.35. The zero-order valence-corrected chi connectivity index (χ0v) is 21.2. The van der Waals surface area contributed by atoms with Crippen LogP contribution in [0.15, 0.2) is 45.7 Å². The number of para-hydroxylation sites is 1. The Morgan fingerprint density at radius 2 is 1.89 bits per heavy atom. The summed E-state index contributed by atoms with van der Waals surface area (Å²) in [4.78, 5) is 42.7. The number of benzene rings is 1. The average molecular weight is 482 g/mol. The normalized spacial score (nSPS) is 12.6. The fourth-order valence-corrected chi connectivity index (χ4v) is 4.43. The van der Waals surface area contributed by atoms with Crippen LogP contribution in [0, 0.1) is 0 Å². The molecule has 0 radical (unpaired) electrons. The fourth-order valence-electron chi connectivity index (χ4n) is 4.43. The van der Waals surface area contributed by atoms with Gasteiger partial charge in [-0.25, -0.2) is 9.78 Å². The third-order valence-electron chi connectivity index (χ3n) is 6.28. The van der Waals surface area contributed by atoms with Crippen molar-refractivity contribution in [2.75, 3.05) is 0 Å². The SMILES string of the molecule is CCC(=O)CCCCC[C@@H](c1ncc(-c2cc3ccccc3n(C)c2=O)o1)N(C(=O)O)C(C)(C)C. The molecule has 0 saturated heterocycles. The second kappa shape index (κ2) is 10.9. The molecule has 0 aliphatic heterocycles. The van der Waals surface area contributed by atoms with E-state index in [-0.39, 0.29) is 17.2 Å². The number of amides is 1. The maximum absolute atomic E-state index is 13.0. The Hall–Kier alpha value is -3.42. The molecule has 3 rings (SSSR count). The van der Waals surface area contributed by atoms with Crippen LogP contribution >= 0.6 is 0 Å². The lowest BCUT2D eigenvalue weighted by atomic mass is 9.99.